The van der Waals surface area contributed by atoms with Gasteiger partial charge < -0.3 is 19.3 Å². The van der Waals surface area contributed by atoms with Gasteiger partial charge >= 0.3 is 0 Å². The van der Waals surface area contributed by atoms with E-state index in [-0.39, 0.29) is 17.9 Å². The van der Waals surface area contributed by atoms with Gasteiger partial charge in [-0.15, -0.1) is 5.10 Å². The van der Waals surface area contributed by atoms with Crippen LogP contribution in [-0.4, -0.2) is 82.6 Å². The minimum absolute atomic E-state index is 0.0591. The molecule has 0 saturated carbocycles. The molecular formula is C24H35N5O4. The third-order valence-corrected chi connectivity index (χ3v) is 5.75. The molecule has 33 heavy (non-hydrogen) atoms. The lowest BCUT2D eigenvalue weighted by Gasteiger charge is -2.34. The Morgan fingerprint density at radius 1 is 1.24 bits per heavy atom. The Labute approximate surface area is 195 Å². The molecule has 0 spiro atoms. The van der Waals surface area contributed by atoms with Gasteiger partial charge in [-0.3, -0.25) is 14.3 Å². The molecule has 0 saturated heterocycles. The molecule has 0 aliphatic carbocycles. The second kappa shape index (κ2) is 11.8. The smallest absolute Gasteiger partial charge is 0.276 e. The summed E-state index contributed by atoms with van der Waals surface area (Å²) < 4.78 is 13.0. The summed E-state index contributed by atoms with van der Waals surface area (Å²) in [7, 11) is 3.38. The van der Waals surface area contributed by atoms with Crippen LogP contribution in [0, 0.1) is 5.92 Å². The molecule has 1 aromatic heterocycles. The van der Waals surface area contributed by atoms with Crippen molar-refractivity contribution in [2.24, 2.45) is 13.0 Å². The summed E-state index contributed by atoms with van der Waals surface area (Å²) >= 11 is 0. The first-order valence-electron chi connectivity index (χ1n) is 11.6. The third kappa shape index (κ3) is 6.54. The van der Waals surface area contributed by atoms with Crippen LogP contribution in [0.15, 0.2) is 30.5 Å². The number of fused-ring (bicyclic) bond motifs is 1. The highest BCUT2D eigenvalue weighted by Gasteiger charge is 2.29. The number of methoxy groups -OCH3 is 1. The van der Waals surface area contributed by atoms with Gasteiger partial charge in [-0.25, -0.2) is 0 Å². The number of carbonyl (C=O) groups excluding carboxylic acids is 2. The Morgan fingerprint density at radius 2 is 2.00 bits per heavy atom. The average Bonchev–Trinajstić information content (AvgIpc) is 3.23. The molecule has 1 aromatic carbocycles. The van der Waals surface area contributed by atoms with Crippen LogP contribution in [-0.2, 0) is 11.8 Å². The Kier molecular flexibility index (Phi) is 8.82. The molecule has 9 heteroatoms. The first-order chi connectivity index (χ1) is 15.9. The minimum Gasteiger partial charge on any atom is -0.491 e. The number of aromatic nitrogens is 3. The van der Waals surface area contributed by atoms with Crippen LogP contribution in [0.4, 0.5) is 0 Å². The third-order valence-electron chi connectivity index (χ3n) is 5.75. The van der Waals surface area contributed by atoms with Gasteiger partial charge in [0.1, 0.15) is 12.4 Å². The molecule has 0 bridgehead atoms. The van der Waals surface area contributed by atoms with Crippen molar-refractivity contribution in [3.8, 4) is 5.75 Å². The lowest BCUT2D eigenvalue weighted by Crippen LogP contribution is -2.46. The molecule has 2 aromatic rings. The average molecular weight is 458 g/mol. The number of amides is 2. The molecule has 2 heterocycles. The second-order valence-corrected chi connectivity index (χ2v) is 8.86. The van der Waals surface area contributed by atoms with E-state index >= 15 is 0 Å². The van der Waals surface area contributed by atoms with Crippen LogP contribution >= 0.6 is 0 Å². The molecule has 0 fully saturated rings. The maximum Gasteiger partial charge on any atom is 0.276 e. The van der Waals surface area contributed by atoms with E-state index in [2.05, 4.69) is 24.2 Å². The van der Waals surface area contributed by atoms with Crippen molar-refractivity contribution in [3.05, 3.63) is 41.7 Å². The molecule has 180 valence electrons. The van der Waals surface area contributed by atoms with Crippen LogP contribution in [0.3, 0.4) is 0 Å². The summed E-state index contributed by atoms with van der Waals surface area (Å²) in [6, 6.07) is 7.16. The van der Waals surface area contributed by atoms with Crippen LogP contribution in [0.25, 0.3) is 0 Å². The molecule has 9 nitrogen and oxygen atoms in total. The van der Waals surface area contributed by atoms with E-state index in [0.29, 0.717) is 55.8 Å². The fourth-order valence-corrected chi connectivity index (χ4v) is 4.10. The standard InChI is InChI=1S/C24H35N5O4/c1-18(2)15-19-17-33-22-10-6-5-9-20(22)23(30)28(13-14-32-4)11-7-8-12-29(19)24(31)21-16-27(3)26-25-21/h5-6,9-10,16,18-19H,7-8,11-15,17H2,1-4H3/t19-/m0/s1. The normalized spacial score (nSPS) is 17.8. The highest BCUT2D eigenvalue weighted by atomic mass is 16.5. The van der Waals surface area contributed by atoms with E-state index in [1.807, 2.05) is 23.1 Å². The van der Waals surface area contributed by atoms with Crippen molar-refractivity contribution >= 4 is 11.8 Å². The summed E-state index contributed by atoms with van der Waals surface area (Å²) in [4.78, 5) is 30.4. The summed E-state index contributed by atoms with van der Waals surface area (Å²) in [5.41, 5.74) is 0.861. The molecule has 0 N–H and O–H groups in total. The van der Waals surface area contributed by atoms with Gasteiger partial charge in [0.25, 0.3) is 11.8 Å². The maximum atomic E-state index is 13.4. The number of aryl methyl sites for hydroxylation is 1. The van der Waals surface area contributed by atoms with Crippen LogP contribution < -0.4 is 4.74 Å². The molecule has 2 amide bonds. The van der Waals surface area contributed by atoms with Gasteiger partial charge in [0.2, 0.25) is 0 Å². The van der Waals surface area contributed by atoms with E-state index in [9.17, 15) is 9.59 Å². The van der Waals surface area contributed by atoms with Crippen molar-refractivity contribution in [1.82, 2.24) is 24.8 Å². The van der Waals surface area contributed by atoms with Crippen LogP contribution in [0.5, 0.6) is 5.75 Å². The molecule has 3 rings (SSSR count). The monoisotopic (exact) mass is 457 g/mol. The van der Waals surface area contributed by atoms with Crippen molar-refractivity contribution in [1.29, 1.82) is 0 Å². The van der Waals surface area contributed by atoms with E-state index < -0.39 is 0 Å². The van der Waals surface area contributed by atoms with Crippen LogP contribution in [0.1, 0.15) is 54.0 Å². The topological polar surface area (TPSA) is 89.8 Å². The first kappa shape index (κ1) is 24.7. The first-order valence-corrected chi connectivity index (χ1v) is 11.6. The van der Waals surface area contributed by atoms with Gasteiger partial charge in [-0.1, -0.05) is 31.2 Å². The quantitative estimate of drug-likeness (QED) is 0.663. The largest absolute Gasteiger partial charge is 0.491 e. The predicted molar refractivity (Wildman–Crippen MR) is 124 cm³/mol. The lowest BCUT2D eigenvalue weighted by atomic mass is 10.0. The minimum atomic E-state index is -0.147. The molecular weight excluding hydrogens is 422 g/mol. The van der Waals surface area contributed by atoms with Crippen molar-refractivity contribution < 1.29 is 19.1 Å². The lowest BCUT2D eigenvalue weighted by molar-refractivity contribution is 0.0540. The van der Waals surface area contributed by atoms with Crippen molar-refractivity contribution in [2.75, 3.05) is 40.0 Å². The Hall–Kier alpha value is -2.94. The van der Waals surface area contributed by atoms with E-state index in [1.165, 1.54) is 4.68 Å². The second-order valence-electron chi connectivity index (χ2n) is 8.86. The number of ether oxygens (including phenoxy) is 2. The van der Waals surface area contributed by atoms with Gasteiger partial charge in [0, 0.05) is 33.8 Å². The van der Waals surface area contributed by atoms with E-state index in [4.69, 9.17) is 9.47 Å². The molecule has 0 radical (unpaired) electrons. The van der Waals surface area contributed by atoms with Crippen molar-refractivity contribution in [3.63, 3.8) is 0 Å². The van der Waals surface area contributed by atoms with Crippen molar-refractivity contribution in [2.45, 2.75) is 39.2 Å². The number of benzene rings is 1. The zero-order valence-corrected chi connectivity index (χ0v) is 20.1. The number of hydrogen-bond donors (Lipinski definition) is 0. The fourth-order valence-electron chi connectivity index (χ4n) is 4.10. The summed E-state index contributed by atoms with van der Waals surface area (Å²) in [6.07, 6.45) is 3.96. The van der Waals surface area contributed by atoms with E-state index in [1.54, 1.807) is 31.3 Å². The zero-order valence-electron chi connectivity index (χ0n) is 20.1. The number of hydrogen-bond acceptors (Lipinski definition) is 6. The molecule has 0 unspecified atom stereocenters. The fraction of sp³-hybridized carbons (Fsp3) is 0.583. The van der Waals surface area contributed by atoms with Gasteiger partial charge in [-0.05, 0) is 37.3 Å². The molecule has 1 aliphatic heterocycles. The Balaban J connectivity index is 1.92. The number of nitrogens with zero attached hydrogens (tertiary/aromatic N) is 5. The van der Waals surface area contributed by atoms with E-state index in [0.717, 1.165) is 19.3 Å². The van der Waals surface area contributed by atoms with Gasteiger partial charge in [0.05, 0.1) is 24.4 Å². The predicted octanol–water partition coefficient (Wildman–Crippen LogP) is 2.63. The van der Waals surface area contributed by atoms with Gasteiger partial charge in [0.15, 0.2) is 5.69 Å². The molecule has 1 atom stereocenters. The Morgan fingerprint density at radius 3 is 2.70 bits per heavy atom. The summed E-state index contributed by atoms with van der Waals surface area (Å²) in [5, 5.41) is 7.97. The SMILES string of the molecule is COCCN1CCCCN(C(=O)c2cn(C)nn2)[C@@H](CC(C)C)COc2ccccc2C1=O. The highest BCUT2D eigenvalue weighted by Crippen LogP contribution is 2.24. The maximum absolute atomic E-state index is 13.4. The Bertz CT molecular complexity index is 929. The summed E-state index contributed by atoms with van der Waals surface area (Å²) in [5.74, 6) is 0.697. The van der Waals surface area contributed by atoms with Gasteiger partial charge in [-0.2, -0.15) is 0 Å². The molecule has 1 aliphatic rings. The highest BCUT2D eigenvalue weighted by molar-refractivity contribution is 5.97. The van der Waals surface area contributed by atoms with Crippen LogP contribution in [0.2, 0.25) is 0 Å². The number of rotatable bonds is 6. The zero-order chi connectivity index (χ0) is 23.8. The number of para-hydroxylation sites is 1. The number of carbonyl (C=O) groups is 2. The summed E-state index contributed by atoms with van der Waals surface area (Å²) in [6.45, 7) is 6.66.